The number of aromatic nitrogens is 1. The number of carbonyl (C=O) groups excluding carboxylic acids is 1. The van der Waals surface area contributed by atoms with E-state index < -0.39 is 5.97 Å². The molecule has 92 valence electrons. The van der Waals surface area contributed by atoms with Crippen molar-refractivity contribution in [1.82, 2.24) is 4.98 Å². The molecule has 2 aromatic rings. The van der Waals surface area contributed by atoms with Gasteiger partial charge in [-0.2, -0.15) is 0 Å². The van der Waals surface area contributed by atoms with Gasteiger partial charge in [-0.05, 0) is 52.9 Å². The largest absolute Gasteiger partial charge is 0.420 e. The van der Waals surface area contributed by atoms with E-state index in [1.54, 1.807) is 24.4 Å². The molecular weight excluding hydrogens is 388 g/mol. The molecule has 3 nitrogen and oxygen atoms in total. The molecule has 1 aromatic carbocycles. The number of ether oxygens (including phenoxy) is 1. The maximum Gasteiger partial charge on any atom is 0.345 e. The molecule has 0 aliphatic carbocycles. The van der Waals surface area contributed by atoms with Crippen LogP contribution in [-0.4, -0.2) is 11.0 Å². The average molecular weight is 394 g/mol. The van der Waals surface area contributed by atoms with Gasteiger partial charge in [0.25, 0.3) is 0 Å². The molecular formula is C12H6Cl2INO2. The van der Waals surface area contributed by atoms with Crippen molar-refractivity contribution in [2.45, 2.75) is 0 Å². The van der Waals surface area contributed by atoms with Crippen LogP contribution >= 0.6 is 45.8 Å². The van der Waals surface area contributed by atoms with E-state index in [0.29, 0.717) is 14.5 Å². The maximum absolute atomic E-state index is 11.9. The number of rotatable bonds is 2. The van der Waals surface area contributed by atoms with Crippen molar-refractivity contribution in [2.24, 2.45) is 0 Å². The van der Waals surface area contributed by atoms with Crippen LogP contribution in [0.15, 0.2) is 36.5 Å². The van der Waals surface area contributed by atoms with E-state index in [1.807, 2.05) is 22.6 Å². The van der Waals surface area contributed by atoms with E-state index in [2.05, 4.69) is 4.98 Å². The van der Waals surface area contributed by atoms with Gasteiger partial charge in [0.2, 0.25) is 0 Å². The highest BCUT2D eigenvalue weighted by Crippen LogP contribution is 2.24. The highest BCUT2D eigenvalue weighted by atomic mass is 127. The number of pyridine rings is 1. The number of benzene rings is 1. The van der Waals surface area contributed by atoms with Crippen molar-refractivity contribution in [3.05, 3.63) is 55.8 Å². The van der Waals surface area contributed by atoms with E-state index in [4.69, 9.17) is 27.9 Å². The van der Waals surface area contributed by atoms with Gasteiger partial charge < -0.3 is 4.74 Å². The van der Waals surface area contributed by atoms with Gasteiger partial charge in [0.05, 0.1) is 10.6 Å². The fourth-order valence-electron chi connectivity index (χ4n) is 1.26. The van der Waals surface area contributed by atoms with Crippen LogP contribution in [0.5, 0.6) is 5.75 Å². The van der Waals surface area contributed by atoms with Gasteiger partial charge in [-0.3, -0.25) is 0 Å². The van der Waals surface area contributed by atoms with Gasteiger partial charge in [0.15, 0.2) is 5.75 Å². The van der Waals surface area contributed by atoms with E-state index in [1.165, 1.54) is 12.1 Å². The van der Waals surface area contributed by atoms with Crippen LogP contribution in [0.2, 0.25) is 10.0 Å². The summed E-state index contributed by atoms with van der Waals surface area (Å²) in [6, 6.07) is 7.95. The van der Waals surface area contributed by atoms with Crippen molar-refractivity contribution >= 4 is 51.8 Å². The summed E-state index contributed by atoms with van der Waals surface area (Å²) in [4.78, 5) is 15.9. The van der Waals surface area contributed by atoms with E-state index >= 15 is 0 Å². The number of carbonyl (C=O) groups is 1. The second-order valence-electron chi connectivity index (χ2n) is 3.31. The molecule has 0 spiro atoms. The van der Waals surface area contributed by atoms with Crippen molar-refractivity contribution in [1.29, 1.82) is 0 Å². The van der Waals surface area contributed by atoms with Crippen LogP contribution in [0.1, 0.15) is 10.4 Å². The van der Waals surface area contributed by atoms with Crippen molar-refractivity contribution < 1.29 is 9.53 Å². The third-order valence-corrected chi connectivity index (χ3v) is 3.44. The number of nitrogens with zero attached hydrogens (tertiary/aromatic N) is 1. The molecule has 0 atom stereocenters. The highest BCUT2D eigenvalue weighted by molar-refractivity contribution is 14.1. The molecule has 2 rings (SSSR count). The zero-order valence-electron chi connectivity index (χ0n) is 8.86. The molecule has 0 saturated carbocycles. The van der Waals surface area contributed by atoms with Crippen molar-refractivity contribution in [2.75, 3.05) is 0 Å². The lowest BCUT2D eigenvalue weighted by atomic mass is 10.2. The first kappa shape index (κ1) is 13.6. The molecule has 0 fully saturated rings. The molecule has 0 N–H and O–H groups in total. The van der Waals surface area contributed by atoms with Gasteiger partial charge >= 0.3 is 5.97 Å². The third kappa shape index (κ3) is 3.13. The maximum atomic E-state index is 11.9. The highest BCUT2D eigenvalue weighted by Gasteiger charge is 2.14. The lowest BCUT2D eigenvalue weighted by molar-refractivity contribution is 0.0733. The predicted octanol–water partition coefficient (Wildman–Crippen LogP) is 4.21. The fraction of sp³-hybridized carbons (Fsp3) is 0. The summed E-state index contributed by atoms with van der Waals surface area (Å²) in [5, 5.41) is 0.721. The molecule has 0 saturated heterocycles. The Morgan fingerprint density at radius 2 is 2.06 bits per heavy atom. The van der Waals surface area contributed by atoms with Gasteiger partial charge in [-0.25, -0.2) is 9.78 Å². The smallest absolute Gasteiger partial charge is 0.345 e. The Kier molecular flexibility index (Phi) is 4.42. The summed E-state index contributed by atoms with van der Waals surface area (Å²) in [5.74, 6) is -0.142. The Bertz CT molecular complexity index is 604. The van der Waals surface area contributed by atoms with Crippen LogP contribution < -0.4 is 4.74 Å². The summed E-state index contributed by atoms with van der Waals surface area (Å²) < 4.78 is 5.82. The lowest BCUT2D eigenvalue weighted by Crippen LogP contribution is -2.10. The van der Waals surface area contributed by atoms with Gasteiger partial charge in [0, 0.05) is 11.2 Å². The summed E-state index contributed by atoms with van der Waals surface area (Å²) in [6.07, 6.45) is 1.62. The minimum atomic E-state index is -0.539. The molecule has 18 heavy (non-hydrogen) atoms. The van der Waals surface area contributed by atoms with Gasteiger partial charge in [-0.1, -0.05) is 23.2 Å². The van der Waals surface area contributed by atoms with Crippen LogP contribution in [0.3, 0.4) is 0 Å². The molecule has 0 aliphatic rings. The number of esters is 1. The van der Waals surface area contributed by atoms with E-state index in [-0.39, 0.29) is 10.6 Å². The summed E-state index contributed by atoms with van der Waals surface area (Å²) in [7, 11) is 0. The topological polar surface area (TPSA) is 39.2 Å². The van der Waals surface area contributed by atoms with E-state index in [9.17, 15) is 4.79 Å². The second kappa shape index (κ2) is 5.86. The molecule has 0 bridgehead atoms. The summed E-state index contributed by atoms with van der Waals surface area (Å²) >= 11 is 13.7. The monoisotopic (exact) mass is 393 g/mol. The zero-order valence-corrected chi connectivity index (χ0v) is 12.5. The third-order valence-electron chi connectivity index (χ3n) is 2.08. The standard InChI is InChI=1S/C12H6Cl2INO2/c13-7-3-4-8(9(14)6-7)12(17)18-10-2-1-5-16-11(10)15/h1-6H. The Morgan fingerprint density at radius 1 is 1.28 bits per heavy atom. The lowest BCUT2D eigenvalue weighted by Gasteiger charge is -2.06. The van der Waals surface area contributed by atoms with Crippen LogP contribution in [-0.2, 0) is 0 Å². The molecule has 0 radical (unpaired) electrons. The predicted molar refractivity (Wildman–Crippen MR) is 78.4 cm³/mol. The Balaban J connectivity index is 2.25. The first-order valence-electron chi connectivity index (χ1n) is 4.85. The number of halogens is 3. The minimum Gasteiger partial charge on any atom is -0.420 e. The molecule has 0 amide bonds. The van der Waals surface area contributed by atoms with Gasteiger partial charge in [-0.15, -0.1) is 0 Å². The minimum absolute atomic E-state index is 0.256. The molecule has 1 aromatic heterocycles. The Morgan fingerprint density at radius 3 is 2.72 bits per heavy atom. The molecule has 6 heteroatoms. The number of hydrogen-bond donors (Lipinski definition) is 0. The Labute approximate surface area is 127 Å². The first-order chi connectivity index (χ1) is 8.58. The van der Waals surface area contributed by atoms with Crippen molar-refractivity contribution in [3.63, 3.8) is 0 Å². The van der Waals surface area contributed by atoms with E-state index in [0.717, 1.165) is 0 Å². The first-order valence-corrected chi connectivity index (χ1v) is 6.69. The SMILES string of the molecule is O=C(Oc1cccnc1I)c1ccc(Cl)cc1Cl. The van der Waals surface area contributed by atoms with Crippen LogP contribution in [0.4, 0.5) is 0 Å². The fourth-order valence-corrected chi connectivity index (χ4v) is 2.19. The zero-order chi connectivity index (χ0) is 13.1. The molecule has 1 heterocycles. The Hall–Kier alpha value is -0.850. The average Bonchev–Trinajstić information content (AvgIpc) is 2.32. The van der Waals surface area contributed by atoms with Crippen LogP contribution in [0.25, 0.3) is 0 Å². The van der Waals surface area contributed by atoms with Crippen LogP contribution in [0, 0.1) is 3.70 Å². The quantitative estimate of drug-likeness (QED) is 0.435. The van der Waals surface area contributed by atoms with Gasteiger partial charge in [0.1, 0.15) is 3.70 Å². The second-order valence-corrected chi connectivity index (χ2v) is 5.17. The summed E-state index contributed by atoms with van der Waals surface area (Å²) in [5.41, 5.74) is 0.265. The number of hydrogen-bond acceptors (Lipinski definition) is 3. The molecule has 0 aliphatic heterocycles. The summed E-state index contributed by atoms with van der Waals surface area (Å²) in [6.45, 7) is 0. The molecule has 0 unspecified atom stereocenters. The van der Waals surface area contributed by atoms with Crippen molar-refractivity contribution in [3.8, 4) is 5.75 Å². The normalized spacial score (nSPS) is 10.2.